The molecule has 34 heavy (non-hydrogen) atoms. The summed E-state index contributed by atoms with van der Waals surface area (Å²) >= 11 is 0. The van der Waals surface area contributed by atoms with Gasteiger partial charge in [0.25, 0.3) is 5.91 Å². The molecule has 0 aliphatic carbocycles. The van der Waals surface area contributed by atoms with E-state index in [-0.39, 0.29) is 36.3 Å². The van der Waals surface area contributed by atoms with Gasteiger partial charge in [-0.15, -0.1) is 0 Å². The molecular formula is C25H30N4O5. The van der Waals surface area contributed by atoms with E-state index in [0.29, 0.717) is 49.5 Å². The Morgan fingerprint density at radius 3 is 2.12 bits per heavy atom. The van der Waals surface area contributed by atoms with Crippen LogP contribution in [-0.4, -0.2) is 66.9 Å². The lowest BCUT2D eigenvalue weighted by atomic mass is 9.97. The van der Waals surface area contributed by atoms with Crippen LogP contribution in [0.1, 0.15) is 30.1 Å². The van der Waals surface area contributed by atoms with E-state index in [9.17, 15) is 19.2 Å². The summed E-state index contributed by atoms with van der Waals surface area (Å²) in [4.78, 5) is 52.4. The van der Waals surface area contributed by atoms with E-state index in [1.54, 1.807) is 55.3 Å². The first-order chi connectivity index (χ1) is 16.4. The molecule has 0 unspecified atom stereocenters. The Labute approximate surface area is 199 Å². The first kappa shape index (κ1) is 24.8. The summed E-state index contributed by atoms with van der Waals surface area (Å²) in [6.45, 7) is 3.01. The van der Waals surface area contributed by atoms with E-state index in [1.165, 1.54) is 4.90 Å². The lowest BCUT2D eigenvalue weighted by Gasteiger charge is -2.32. The van der Waals surface area contributed by atoms with Gasteiger partial charge in [-0.05, 0) is 56.2 Å². The largest absolute Gasteiger partial charge is 0.466 e. The van der Waals surface area contributed by atoms with Crippen LogP contribution in [0.15, 0.2) is 54.6 Å². The highest BCUT2D eigenvalue weighted by atomic mass is 16.5. The number of likely N-dealkylation sites (N-methyl/N-ethyl adjacent to an activating group) is 1. The topological polar surface area (TPSA) is 108 Å². The van der Waals surface area contributed by atoms with Crippen molar-refractivity contribution >= 4 is 35.2 Å². The van der Waals surface area contributed by atoms with Crippen molar-refractivity contribution in [2.24, 2.45) is 5.92 Å². The second-order valence-corrected chi connectivity index (χ2v) is 8.09. The molecule has 0 radical (unpaired) electrons. The summed E-state index contributed by atoms with van der Waals surface area (Å²) in [6.07, 6.45) is 1.13. The number of urea groups is 1. The van der Waals surface area contributed by atoms with Crippen LogP contribution >= 0.6 is 0 Å². The van der Waals surface area contributed by atoms with Crippen LogP contribution in [0.25, 0.3) is 0 Å². The van der Waals surface area contributed by atoms with Crippen molar-refractivity contribution in [3.63, 3.8) is 0 Å². The molecule has 0 saturated carbocycles. The van der Waals surface area contributed by atoms with Gasteiger partial charge in [0.05, 0.1) is 19.1 Å². The Kier molecular flexibility index (Phi) is 8.61. The molecule has 0 bridgehead atoms. The van der Waals surface area contributed by atoms with Crippen LogP contribution in [0.3, 0.4) is 0 Å². The zero-order valence-electron chi connectivity index (χ0n) is 19.5. The van der Waals surface area contributed by atoms with Crippen molar-refractivity contribution in [3.8, 4) is 0 Å². The fraction of sp³-hybridized carbons (Fsp3) is 0.360. The quantitative estimate of drug-likeness (QED) is 0.610. The number of likely N-dealkylation sites (tertiary alicyclic amines) is 1. The number of para-hydroxylation sites is 1. The molecule has 1 aliphatic rings. The van der Waals surface area contributed by atoms with Crippen molar-refractivity contribution < 1.29 is 23.9 Å². The van der Waals surface area contributed by atoms with Gasteiger partial charge in [0, 0.05) is 37.1 Å². The number of carbonyl (C=O) groups is 4. The zero-order valence-corrected chi connectivity index (χ0v) is 19.5. The third-order valence-corrected chi connectivity index (χ3v) is 5.61. The summed E-state index contributed by atoms with van der Waals surface area (Å²) in [6, 6.07) is 15.1. The molecule has 2 aromatic carbocycles. The fourth-order valence-electron chi connectivity index (χ4n) is 3.73. The Balaban J connectivity index is 1.47. The molecule has 9 nitrogen and oxygen atoms in total. The van der Waals surface area contributed by atoms with Crippen LogP contribution in [-0.2, 0) is 14.3 Å². The van der Waals surface area contributed by atoms with Crippen LogP contribution in [0.2, 0.25) is 0 Å². The zero-order chi connectivity index (χ0) is 24.5. The number of anilines is 2. The minimum atomic E-state index is -0.389. The maximum absolute atomic E-state index is 12.7. The number of ether oxygens (including phenoxy) is 1. The minimum absolute atomic E-state index is 0.0532. The van der Waals surface area contributed by atoms with E-state index in [0.717, 1.165) is 0 Å². The molecule has 0 atom stereocenters. The van der Waals surface area contributed by atoms with Crippen LogP contribution in [0.4, 0.5) is 16.2 Å². The van der Waals surface area contributed by atoms with E-state index in [1.807, 2.05) is 18.2 Å². The van der Waals surface area contributed by atoms with E-state index >= 15 is 0 Å². The van der Waals surface area contributed by atoms with Crippen molar-refractivity contribution in [1.82, 2.24) is 9.80 Å². The van der Waals surface area contributed by atoms with E-state index in [4.69, 9.17) is 4.74 Å². The first-order valence-corrected chi connectivity index (χ1v) is 11.3. The minimum Gasteiger partial charge on any atom is -0.466 e. The van der Waals surface area contributed by atoms with Crippen molar-refractivity contribution in [1.29, 1.82) is 0 Å². The molecule has 2 N–H and O–H groups in total. The van der Waals surface area contributed by atoms with Crippen LogP contribution in [0.5, 0.6) is 0 Å². The van der Waals surface area contributed by atoms with E-state index < -0.39 is 0 Å². The second kappa shape index (κ2) is 11.8. The molecule has 1 aliphatic heterocycles. The van der Waals surface area contributed by atoms with Crippen molar-refractivity contribution in [3.05, 3.63) is 60.2 Å². The molecule has 0 aromatic heterocycles. The lowest BCUT2D eigenvalue weighted by Crippen LogP contribution is -2.45. The maximum Gasteiger partial charge on any atom is 0.323 e. The molecule has 2 aromatic rings. The second-order valence-electron chi connectivity index (χ2n) is 8.09. The Morgan fingerprint density at radius 2 is 1.53 bits per heavy atom. The average molecular weight is 467 g/mol. The van der Waals surface area contributed by atoms with Gasteiger partial charge in [0.2, 0.25) is 5.91 Å². The highest BCUT2D eigenvalue weighted by Crippen LogP contribution is 2.19. The van der Waals surface area contributed by atoms with Crippen LogP contribution in [0, 0.1) is 5.92 Å². The SMILES string of the molecule is CCOC(=O)C1CCN(C(=O)CN(C)C(=O)c2ccc(NC(=O)Nc3ccccc3)cc2)CC1. The molecule has 4 amide bonds. The van der Waals surface area contributed by atoms with Gasteiger partial charge in [-0.25, -0.2) is 4.79 Å². The summed E-state index contributed by atoms with van der Waals surface area (Å²) < 4.78 is 5.06. The molecule has 1 saturated heterocycles. The summed E-state index contributed by atoms with van der Waals surface area (Å²) in [5.41, 5.74) is 1.61. The maximum atomic E-state index is 12.7. The molecule has 3 rings (SSSR count). The smallest absolute Gasteiger partial charge is 0.323 e. The predicted molar refractivity (Wildman–Crippen MR) is 128 cm³/mol. The van der Waals surface area contributed by atoms with Crippen molar-refractivity contribution in [2.75, 3.05) is 43.9 Å². The normalized spacial score (nSPS) is 13.6. The summed E-state index contributed by atoms with van der Waals surface area (Å²) in [5.74, 6) is -0.841. The number of piperidine rings is 1. The Hall–Kier alpha value is -3.88. The third kappa shape index (κ3) is 6.81. The van der Waals surface area contributed by atoms with Crippen molar-refractivity contribution in [2.45, 2.75) is 19.8 Å². The first-order valence-electron chi connectivity index (χ1n) is 11.3. The number of nitrogens with one attached hydrogen (secondary N) is 2. The summed E-state index contributed by atoms with van der Waals surface area (Å²) in [5, 5.41) is 5.43. The van der Waals surface area contributed by atoms with Gasteiger partial charge in [-0.3, -0.25) is 14.4 Å². The number of esters is 1. The number of nitrogens with zero attached hydrogens (tertiary/aromatic N) is 2. The third-order valence-electron chi connectivity index (χ3n) is 5.61. The van der Waals surface area contributed by atoms with Crippen LogP contribution < -0.4 is 10.6 Å². The van der Waals surface area contributed by atoms with Gasteiger partial charge in [-0.2, -0.15) is 0 Å². The van der Waals surface area contributed by atoms with Gasteiger partial charge in [-0.1, -0.05) is 18.2 Å². The Bertz CT molecular complexity index is 1000. The molecular weight excluding hydrogens is 436 g/mol. The van der Waals surface area contributed by atoms with E-state index in [2.05, 4.69) is 10.6 Å². The number of benzene rings is 2. The number of hydrogen-bond donors (Lipinski definition) is 2. The number of hydrogen-bond acceptors (Lipinski definition) is 5. The lowest BCUT2D eigenvalue weighted by molar-refractivity contribution is -0.151. The fourth-order valence-corrected chi connectivity index (χ4v) is 3.73. The predicted octanol–water partition coefficient (Wildman–Crippen LogP) is 3.20. The number of carbonyl (C=O) groups excluding carboxylic acids is 4. The molecule has 180 valence electrons. The molecule has 0 spiro atoms. The number of rotatable bonds is 7. The Morgan fingerprint density at radius 1 is 0.941 bits per heavy atom. The average Bonchev–Trinajstić information content (AvgIpc) is 2.84. The number of amides is 4. The van der Waals surface area contributed by atoms with Gasteiger partial charge >= 0.3 is 12.0 Å². The van der Waals surface area contributed by atoms with Gasteiger partial charge in [0.15, 0.2) is 0 Å². The highest BCUT2D eigenvalue weighted by Gasteiger charge is 2.29. The molecule has 9 heteroatoms. The molecule has 1 heterocycles. The van der Waals surface area contributed by atoms with Gasteiger partial charge < -0.3 is 25.2 Å². The standard InChI is InChI=1S/C25H30N4O5/c1-3-34-24(32)19-13-15-29(16-14-19)22(30)17-28(2)23(31)18-9-11-21(12-10-18)27-25(33)26-20-7-5-4-6-8-20/h4-12,19H,3,13-17H2,1-2H3,(H2,26,27,33). The van der Waals surface area contributed by atoms with Gasteiger partial charge in [0.1, 0.15) is 0 Å². The monoisotopic (exact) mass is 466 g/mol. The molecule has 1 fully saturated rings. The summed E-state index contributed by atoms with van der Waals surface area (Å²) in [7, 11) is 1.57. The highest BCUT2D eigenvalue weighted by molar-refractivity contribution is 6.00.